The molecule has 0 saturated carbocycles. The first-order valence-electron chi connectivity index (χ1n) is 8.78. The van der Waals surface area contributed by atoms with Gasteiger partial charge in [-0.3, -0.25) is 15.0 Å². The second-order valence-electron chi connectivity index (χ2n) is 6.47. The highest BCUT2D eigenvalue weighted by Gasteiger charge is 2.23. The van der Waals surface area contributed by atoms with Crippen molar-refractivity contribution in [2.24, 2.45) is 0 Å². The van der Waals surface area contributed by atoms with Crippen molar-refractivity contribution < 1.29 is 0 Å². The number of piperidine rings is 1. The summed E-state index contributed by atoms with van der Waals surface area (Å²) in [6, 6.07) is 5.22. The van der Waals surface area contributed by atoms with Crippen molar-refractivity contribution in [2.75, 3.05) is 13.1 Å². The van der Waals surface area contributed by atoms with Crippen molar-refractivity contribution in [2.45, 2.75) is 51.7 Å². The Morgan fingerprint density at radius 2 is 2.04 bits per heavy atom. The van der Waals surface area contributed by atoms with Crippen LogP contribution in [0.1, 0.15) is 49.6 Å². The third kappa shape index (κ3) is 3.97. The molecule has 0 radical (unpaired) electrons. The molecule has 0 unspecified atom stereocenters. The highest BCUT2D eigenvalue weighted by Crippen LogP contribution is 2.24. The lowest BCUT2D eigenvalue weighted by Gasteiger charge is -2.36. The van der Waals surface area contributed by atoms with Crippen LogP contribution in [-0.2, 0) is 13.0 Å². The van der Waals surface area contributed by atoms with Gasteiger partial charge < -0.3 is 5.32 Å². The Bertz CT molecular complexity index is 634. The maximum atomic E-state index is 6.18. The minimum Gasteiger partial charge on any atom is -0.310 e. The zero-order valence-electron chi connectivity index (χ0n) is 14.4. The molecule has 24 heavy (non-hydrogen) atoms. The van der Waals surface area contributed by atoms with Gasteiger partial charge in [-0.15, -0.1) is 0 Å². The largest absolute Gasteiger partial charge is 0.310 e. The van der Waals surface area contributed by atoms with Crippen molar-refractivity contribution in [1.29, 1.82) is 0 Å². The van der Waals surface area contributed by atoms with Gasteiger partial charge in [0.05, 0.1) is 0 Å². The molecule has 5 nitrogen and oxygen atoms in total. The van der Waals surface area contributed by atoms with Gasteiger partial charge in [0.2, 0.25) is 0 Å². The molecule has 3 rings (SSSR count). The van der Waals surface area contributed by atoms with E-state index in [4.69, 9.17) is 11.6 Å². The minimum absolute atomic E-state index is 0.448. The van der Waals surface area contributed by atoms with E-state index in [-0.39, 0.29) is 0 Å². The molecule has 1 aliphatic heterocycles. The van der Waals surface area contributed by atoms with Crippen LogP contribution in [0.4, 0.5) is 0 Å². The van der Waals surface area contributed by atoms with Crippen molar-refractivity contribution in [1.82, 2.24) is 25.4 Å². The fourth-order valence-corrected chi connectivity index (χ4v) is 3.66. The van der Waals surface area contributed by atoms with Gasteiger partial charge in [-0.05, 0) is 43.9 Å². The molecule has 2 N–H and O–H groups in total. The molecule has 0 bridgehead atoms. The average molecular weight is 348 g/mol. The number of likely N-dealkylation sites (tertiary alicyclic amines) is 1. The van der Waals surface area contributed by atoms with Crippen LogP contribution < -0.4 is 5.32 Å². The topological polar surface area (TPSA) is 56.8 Å². The molecule has 1 atom stereocenters. The summed E-state index contributed by atoms with van der Waals surface area (Å²) >= 11 is 6.18. The SMILES string of the molecule is CCc1[nH]nc(Cl)c1CNC1CCN([C@@H](C)c2ccncc2)CC1. The van der Waals surface area contributed by atoms with E-state index in [0.717, 1.165) is 50.2 Å². The fourth-order valence-electron chi connectivity index (χ4n) is 3.44. The maximum absolute atomic E-state index is 6.18. The smallest absolute Gasteiger partial charge is 0.155 e. The highest BCUT2D eigenvalue weighted by molar-refractivity contribution is 6.30. The van der Waals surface area contributed by atoms with E-state index < -0.39 is 0 Å². The number of aromatic nitrogens is 3. The number of pyridine rings is 1. The van der Waals surface area contributed by atoms with Crippen LogP contribution in [0.15, 0.2) is 24.5 Å². The number of hydrogen-bond acceptors (Lipinski definition) is 4. The first kappa shape index (κ1) is 17.4. The Kier molecular flexibility index (Phi) is 5.87. The highest BCUT2D eigenvalue weighted by atomic mass is 35.5. The Morgan fingerprint density at radius 3 is 2.71 bits per heavy atom. The number of hydrogen-bond donors (Lipinski definition) is 2. The summed E-state index contributed by atoms with van der Waals surface area (Å²) in [4.78, 5) is 6.66. The normalized spacial score (nSPS) is 18.0. The van der Waals surface area contributed by atoms with Gasteiger partial charge in [0.15, 0.2) is 5.15 Å². The lowest BCUT2D eigenvalue weighted by molar-refractivity contribution is 0.152. The monoisotopic (exact) mass is 347 g/mol. The van der Waals surface area contributed by atoms with Crippen molar-refractivity contribution >= 4 is 11.6 Å². The molecule has 6 heteroatoms. The van der Waals surface area contributed by atoms with Gasteiger partial charge in [-0.25, -0.2) is 0 Å². The van der Waals surface area contributed by atoms with Gasteiger partial charge in [-0.1, -0.05) is 18.5 Å². The number of aromatic amines is 1. The summed E-state index contributed by atoms with van der Waals surface area (Å²) in [6.45, 7) is 7.42. The molecule has 0 aromatic carbocycles. The number of rotatable bonds is 6. The predicted molar refractivity (Wildman–Crippen MR) is 97.1 cm³/mol. The molecule has 1 fully saturated rings. The van der Waals surface area contributed by atoms with Crippen LogP contribution in [0, 0.1) is 0 Å². The molecule has 1 aliphatic rings. The standard InChI is InChI=1S/C18H26ClN5/c1-3-17-16(18(19)23-22-17)12-21-15-6-10-24(11-7-15)13(2)14-4-8-20-9-5-14/h4-5,8-9,13,15,21H,3,6-7,10-12H2,1-2H3,(H,22,23)/t13-/m0/s1. The maximum Gasteiger partial charge on any atom is 0.155 e. The fraction of sp³-hybridized carbons (Fsp3) is 0.556. The number of halogens is 1. The molecule has 3 heterocycles. The number of H-pyrrole nitrogens is 1. The van der Waals surface area contributed by atoms with E-state index in [1.165, 1.54) is 5.56 Å². The summed E-state index contributed by atoms with van der Waals surface area (Å²) in [6.07, 6.45) is 7.00. The van der Waals surface area contributed by atoms with Gasteiger partial charge >= 0.3 is 0 Å². The number of nitrogens with zero attached hydrogens (tertiary/aromatic N) is 3. The summed E-state index contributed by atoms with van der Waals surface area (Å²) in [5, 5.41) is 11.4. The molecular formula is C18H26ClN5. The van der Waals surface area contributed by atoms with Crippen molar-refractivity contribution in [3.05, 3.63) is 46.5 Å². The molecule has 1 saturated heterocycles. The summed E-state index contributed by atoms with van der Waals surface area (Å²) in [5.41, 5.74) is 3.59. The Labute approximate surface area is 148 Å². The molecule has 2 aromatic rings. The molecular weight excluding hydrogens is 322 g/mol. The Balaban J connectivity index is 1.49. The quantitative estimate of drug-likeness (QED) is 0.841. The van der Waals surface area contributed by atoms with Crippen molar-refractivity contribution in [3.8, 4) is 0 Å². The summed E-state index contributed by atoms with van der Waals surface area (Å²) < 4.78 is 0. The molecule has 0 aliphatic carbocycles. The van der Waals surface area contributed by atoms with Gasteiger partial charge in [0, 0.05) is 55.4 Å². The first-order valence-corrected chi connectivity index (χ1v) is 9.15. The zero-order chi connectivity index (χ0) is 16.9. The van der Waals surface area contributed by atoms with E-state index in [9.17, 15) is 0 Å². The second kappa shape index (κ2) is 8.10. The third-order valence-corrected chi connectivity index (χ3v) is 5.40. The molecule has 2 aromatic heterocycles. The van der Waals surface area contributed by atoms with Gasteiger partial charge in [-0.2, -0.15) is 5.10 Å². The Hall–Kier alpha value is -1.43. The molecule has 0 amide bonds. The van der Waals surface area contributed by atoms with Gasteiger partial charge in [0.1, 0.15) is 0 Å². The number of aryl methyl sites for hydroxylation is 1. The van der Waals surface area contributed by atoms with E-state index in [2.05, 4.69) is 51.4 Å². The lowest BCUT2D eigenvalue weighted by Crippen LogP contribution is -2.43. The van der Waals surface area contributed by atoms with Crippen LogP contribution >= 0.6 is 11.6 Å². The van der Waals surface area contributed by atoms with E-state index in [1.54, 1.807) is 0 Å². The average Bonchev–Trinajstić information content (AvgIpc) is 3.00. The van der Waals surface area contributed by atoms with Crippen LogP contribution in [0.3, 0.4) is 0 Å². The van der Waals surface area contributed by atoms with E-state index >= 15 is 0 Å². The lowest BCUT2D eigenvalue weighted by atomic mass is 10.0. The van der Waals surface area contributed by atoms with Crippen molar-refractivity contribution in [3.63, 3.8) is 0 Å². The summed E-state index contributed by atoms with van der Waals surface area (Å²) in [7, 11) is 0. The molecule has 0 spiro atoms. The molecule has 130 valence electrons. The van der Waals surface area contributed by atoms with Crippen LogP contribution in [0.25, 0.3) is 0 Å². The predicted octanol–water partition coefficient (Wildman–Crippen LogP) is 3.34. The summed E-state index contributed by atoms with van der Waals surface area (Å²) in [5.74, 6) is 0. The Morgan fingerprint density at radius 1 is 1.33 bits per heavy atom. The van der Waals surface area contributed by atoms with Crippen LogP contribution in [-0.4, -0.2) is 39.2 Å². The zero-order valence-corrected chi connectivity index (χ0v) is 15.2. The van der Waals surface area contributed by atoms with E-state index in [0.29, 0.717) is 17.2 Å². The minimum atomic E-state index is 0.448. The van der Waals surface area contributed by atoms with Crippen LogP contribution in [0.5, 0.6) is 0 Å². The second-order valence-corrected chi connectivity index (χ2v) is 6.83. The number of nitrogens with one attached hydrogen (secondary N) is 2. The third-order valence-electron chi connectivity index (χ3n) is 5.09. The van der Waals surface area contributed by atoms with E-state index in [1.807, 2.05) is 12.4 Å². The first-order chi connectivity index (χ1) is 11.7. The van der Waals surface area contributed by atoms with Crippen LogP contribution in [0.2, 0.25) is 5.15 Å². The van der Waals surface area contributed by atoms with Gasteiger partial charge in [0.25, 0.3) is 0 Å².